The molecule has 0 bridgehead atoms. The standard InChI is InChI=1S/C12H14N2O3S3/c1-2-3-4-18-11-13-14-12(20-11)19-7-8-5-9(15)10(16)6-17-8/h5-6,16H,2-4,7H2,1H3. The molecular formula is C12H14N2O3S3. The number of aromatic nitrogens is 2. The lowest BCUT2D eigenvalue weighted by atomic mass is 10.4. The highest BCUT2D eigenvalue weighted by Gasteiger charge is 2.07. The van der Waals surface area contributed by atoms with Crippen LogP contribution in [0.2, 0.25) is 0 Å². The number of hydrogen-bond acceptors (Lipinski definition) is 8. The fraction of sp³-hybridized carbons (Fsp3) is 0.417. The zero-order valence-corrected chi connectivity index (χ0v) is 13.3. The molecule has 0 unspecified atom stereocenters. The molecule has 0 amide bonds. The SMILES string of the molecule is CCCCSc1nnc(SCc2cc(=O)c(O)co2)s1. The van der Waals surface area contributed by atoms with Crippen molar-refractivity contribution in [1.29, 1.82) is 0 Å². The molecule has 2 rings (SSSR count). The maximum atomic E-state index is 11.3. The van der Waals surface area contributed by atoms with Gasteiger partial charge in [0.25, 0.3) is 0 Å². The van der Waals surface area contributed by atoms with E-state index in [9.17, 15) is 4.79 Å². The highest BCUT2D eigenvalue weighted by Crippen LogP contribution is 2.30. The normalized spacial score (nSPS) is 10.8. The number of rotatable bonds is 7. The summed E-state index contributed by atoms with van der Waals surface area (Å²) in [5, 5.41) is 17.3. The van der Waals surface area contributed by atoms with E-state index in [0.717, 1.165) is 20.7 Å². The van der Waals surface area contributed by atoms with Gasteiger partial charge in [-0.1, -0.05) is 48.2 Å². The molecule has 0 aliphatic carbocycles. The van der Waals surface area contributed by atoms with Gasteiger partial charge < -0.3 is 9.52 Å². The number of thioether (sulfide) groups is 2. The van der Waals surface area contributed by atoms with Gasteiger partial charge in [-0.05, 0) is 6.42 Å². The molecule has 5 nitrogen and oxygen atoms in total. The van der Waals surface area contributed by atoms with Gasteiger partial charge in [0.05, 0.1) is 5.75 Å². The van der Waals surface area contributed by atoms with Gasteiger partial charge >= 0.3 is 0 Å². The molecule has 0 radical (unpaired) electrons. The molecule has 8 heteroatoms. The van der Waals surface area contributed by atoms with Crippen LogP contribution in [0.15, 0.2) is 30.2 Å². The third kappa shape index (κ3) is 4.53. The van der Waals surface area contributed by atoms with Gasteiger partial charge in [-0.25, -0.2) is 0 Å². The number of hydrogen-bond donors (Lipinski definition) is 1. The van der Waals surface area contributed by atoms with Gasteiger partial charge in [0, 0.05) is 11.8 Å². The smallest absolute Gasteiger partial charge is 0.226 e. The summed E-state index contributed by atoms with van der Waals surface area (Å²) in [6.45, 7) is 2.16. The highest BCUT2D eigenvalue weighted by molar-refractivity contribution is 8.02. The Bertz CT molecular complexity index is 612. The van der Waals surface area contributed by atoms with Crippen LogP contribution >= 0.6 is 34.9 Å². The van der Waals surface area contributed by atoms with Gasteiger partial charge in [-0.15, -0.1) is 10.2 Å². The van der Waals surface area contributed by atoms with E-state index >= 15 is 0 Å². The number of nitrogens with zero attached hydrogens (tertiary/aromatic N) is 2. The fourth-order valence-electron chi connectivity index (χ4n) is 1.27. The van der Waals surface area contributed by atoms with Crippen molar-refractivity contribution in [1.82, 2.24) is 10.2 Å². The first-order chi connectivity index (χ1) is 9.69. The molecule has 20 heavy (non-hydrogen) atoms. The van der Waals surface area contributed by atoms with E-state index < -0.39 is 5.43 Å². The van der Waals surface area contributed by atoms with E-state index in [2.05, 4.69) is 17.1 Å². The van der Waals surface area contributed by atoms with Gasteiger partial charge in [-0.2, -0.15) is 0 Å². The van der Waals surface area contributed by atoms with Crippen molar-refractivity contribution in [2.75, 3.05) is 5.75 Å². The van der Waals surface area contributed by atoms with Gasteiger partial charge in [0.15, 0.2) is 14.4 Å². The summed E-state index contributed by atoms with van der Waals surface area (Å²) in [6.07, 6.45) is 3.41. The van der Waals surface area contributed by atoms with Crippen molar-refractivity contribution < 1.29 is 9.52 Å². The average Bonchev–Trinajstić information content (AvgIpc) is 2.88. The second-order valence-electron chi connectivity index (χ2n) is 3.92. The molecule has 0 aliphatic rings. The van der Waals surface area contributed by atoms with E-state index in [1.54, 1.807) is 23.1 Å². The summed E-state index contributed by atoms with van der Waals surface area (Å²) in [6, 6.07) is 1.29. The predicted molar refractivity (Wildman–Crippen MR) is 81.7 cm³/mol. The molecule has 0 aliphatic heterocycles. The molecular weight excluding hydrogens is 316 g/mol. The predicted octanol–water partition coefficient (Wildman–Crippen LogP) is 3.38. The number of unbranched alkanes of at least 4 members (excludes halogenated alkanes) is 1. The second-order valence-corrected chi connectivity index (χ2v) is 7.46. The Hall–Kier alpha value is -0.990. The van der Waals surface area contributed by atoms with Crippen molar-refractivity contribution in [3.05, 3.63) is 28.3 Å². The van der Waals surface area contributed by atoms with Crippen LogP contribution in [0.4, 0.5) is 0 Å². The molecule has 1 N–H and O–H groups in total. The molecule has 2 aromatic rings. The molecule has 0 saturated carbocycles. The molecule has 0 fully saturated rings. The highest BCUT2D eigenvalue weighted by atomic mass is 32.2. The van der Waals surface area contributed by atoms with Gasteiger partial charge in [0.1, 0.15) is 12.0 Å². The third-order valence-electron chi connectivity index (χ3n) is 2.32. The second kappa shape index (κ2) is 7.70. The van der Waals surface area contributed by atoms with E-state index in [-0.39, 0.29) is 5.75 Å². The van der Waals surface area contributed by atoms with Crippen molar-refractivity contribution in [3.63, 3.8) is 0 Å². The zero-order chi connectivity index (χ0) is 14.4. The van der Waals surface area contributed by atoms with Crippen molar-refractivity contribution in [2.45, 2.75) is 34.2 Å². The molecule has 2 heterocycles. The van der Waals surface area contributed by atoms with E-state index in [0.29, 0.717) is 11.5 Å². The first-order valence-corrected chi connectivity index (χ1v) is 8.87. The first-order valence-electron chi connectivity index (χ1n) is 6.09. The maximum absolute atomic E-state index is 11.3. The summed E-state index contributed by atoms with van der Waals surface area (Å²) in [4.78, 5) is 11.3. The Morgan fingerprint density at radius 1 is 1.35 bits per heavy atom. The Balaban J connectivity index is 1.87. The summed E-state index contributed by atoms with van der Waals surface area (Å²) in [5.74, 6) is 1.68. The van der Waals surface area contributed by atoms with Crippen molar-refractivity contribution in [2.24, 2.45) is 0 Å². The number of aromatic hydroxyl groups is 1. The van der Waals surface area contributed by atoms with Crippen LogP contribution in [0.3, 0.4) is 0 Å². The van der Waals surface area contributed by atoms with Gasteiger partial charge in [0.2, 0.25) is 5.43 Å². The summed E-state index contributed by atoms with van der Waals surface area (Å²) < 4.78 is 6.94. The zero-order valence-electron chi connectivity index (χ0n) is 10.9. The quantitative estimate of drug-likeness (QED) is 0.616. The minimum Gasteiger partial charge on any atom is -0.502 e. The summed E-state index contributed by atoms with van der Waals surface area (Å²) >= 11 is 4.73. The van der Waals surface area contributed by atoms with Crippen molar-refractivity contribution in [3.8, 4) is 5.75 Å². The molecule has 0 saturated heterocycles. The maximum Gasteiger partial charge on any atom is 0.226 e. The van der Waals surface area contributed by atoms with Crippen LogP contribution < -0.4 is 5.43 Å². The van der Waals surface area contributed by atoms with Gasteiger partial charge in [-0.3, -0.25) is 4.79 Å². The lowest BCUT2D eigenvalue weighted by Gasteiger charge is -1.97. The summed E-state index contributed by atoms with van der Waals surface area (Å²) in [7, 11) is 0. The molecule has 2 aromatic heterocycles. The fourth-order valence-corrected chi connectivity index (χ4v) is 4.33. The summed E-state index contributed by atoms with van der Waals surface area (Å²) in [5.41, 5.74) is -0.431. The van der Waals surface area contributed by atoms with E-state index in [1.807, 2.05) is 0 Å². The van der Waals surface area contributed by atoms with Crippen LogP contribution in [0, 0.1) is 0 Å². The molecule has 0 aromatic carbocycles. The topological polar surface area (TPSA) is 76.2 Å². The Kier molecular flexibility index (Phi) is 5.93. The Morgan fingerprint density at radius 3 is 2.80 bits per heavy atom. The van der Waals surface area contributed by atoms with Crippen molar-refractivity contribution >= 4 is 34.9 Å². The monoisotopic (exact) mass is 330 g/mol. The lowest BCUT2D eigenvalue weighted by Crippen LogP contribution is -1.98. The van der Waals surface area contributed by atoms with Crippen LogP contribution in [-0.2, 0) is 5.75 Å². The Morgan fingerprint density at radius 2 is 2.10 bits per heavy atom. The minimum absolute atomic E-state index is 0.371. The first kappa shape index (κ1) is 15.4. The lowest BCUT2D eigenvalue weighted by molar-refractivity contribution is 0.419. The molecule has 0 atom stereocenters. The van der Waals surface area contributed by atoms with Crippen LogP contribution in [0.25, 0.3) is 0 Å². The van der Waals surface area contributed by atoms with E-state index in [1.165, 1.54) is 30.7 Å². The average molecular weight is 330 g/mol. The Labute approximate surface area is 128 Å². The minimum atomic E-state index is -0.431. The van der Waals surface area contributed by atoms with Crippen LogP contribution in [0.1, 0.15) is 25.5 Å². The third-order valence-corrected chi connectivity index (χ3v) is 5.61. The largest absolute Gasteiger partial charge is 0.502 e. The molecule has 0 spiro atoms. The molecule has 108 valence electrons. The van der Waals surface area contributed by atoms with Crippen LogP contribution in [-0.4, -0.2) is 21.1 Å². The van der Waals surface area contributed by atoms with E-state index in [4.69, 9.17) is 9.52 Å². The van der Waals surface area contributed by atoms with Crippen LogP contribution in [0.5, 0.6) is 5.75 Å².